The van der Waals surface area contributed by atoms with Crippen LogP contribution in [0.5, 0.6) is 0 Å². The van der Waals surface area contributed by atoms with Crippen molar-refractivity contribution in [3.05, 3.63) is 71.2 Å². The van der Waals surface area contributed by atoms with E-state index in [1.807, 2.05) is 4.72 Å². The monoisotopic (exact) mass is 483 g/mol. The fourth-order valence-electron chi connectivity index (χ4n) is 2.56. The van der Waals surface area contributed by atoms with E-state index in [-0.39, 0.29) is 16.0 Å². The van der Waals surface area contributed by atoms with Crippen molar-refractivity contribution >= 4 is 31.2 Å². The second kappa shape index (κ2) is 8.13. The molecule has 0 radical (unpaired) electrons. The highest BCUT2D eigenvalue weighted by molar-refractivity contribution is 7.93. The zero-order valence-electron chi connectivity index (χ0n) is 14.8. The molecule has 1 N–H and O–H groups in total. The lowest BCUT2D eigenvalue weighted by Gasteiger charge is -2.16. The highest BCUT2D eigenvalue weighted by Crippen LogP contribution is 2.34. The van der Waals surface area contributed by atoms with E-state index in [4.69, 9.17) is 4.42 Å². The number of furan rings is 1. The number of sulfonamides is 1. The van der Waals surface area contributed by atoms with Crippen molar-refractivity contribution in [1.29, 1.82) is 0 Å². The number of rotatable bonds is 7. The Hall–Kier alpha value is -2.22. The third kappa shape index (κ3) is 4.58. The number of alkyl halides is 3. The van der Waals surface area contributed by atoms with E-state index in [0.29, 0.717) is 12.1 Å². The second-order valence-corrected chi connectivity index (χ2v) is 11.0. The average Bonchev–Trinajstić information content (AvgIpc) is 3.35. The van der Waals surface area contributed by atoms with Crippen molar-refractivity contribution < 1.29 is 38.8 Å². The molecule has 162 valence electrons. The minimum Gasteiger partial charge on any atom is -0.468 e. The number of halogens is 4. The van der Waals surface area contributed by atoms with Gasteiger partial charge >= 0.3 is 6.18 Å². The minimum absolute atomic E-state index is 0.0377. The summed E-state index contributed by atoms with van der Waals surface area (Å²) in [4.78, 5) is -0.858. The van der Waals surface area contributed by atoms with Gasteiger partial charge in [-0.25, -0.2) is 25.9 Å². The summed E-state index contributed by atoms with van der Waals surface area (Å²) < 4.78 is 110. The normalized spacial score (nSPS) is 14.0. The Morgan fingerprint density at radius 3 is 2.37 bits per heavy atom. The van der Waals surface area contributed by atoms with Crippen LogP contribution in [-0.2, 0) is 26.0 Å². The first-order valence-corrected chi connectivity index (χ1v) is 12.0. The Morgan fingerprint density at radius 1 is 1.07 bits per heavy atom. The topological polar surface area (TPSA) is 93.4 Å². The van der Waals surface area contributed by atoms with Crippen LogP contribution < -0.4 is 4.72 Å². The SMILES string of the molecule is O=S(=O)(NCC(c1ccco1)S(=O)(=O)c1cccs1)c1ccc(F)c(C(F)(F)F)c1. The quantitative estimate of drug-likeness (QED) is 0.513. The van der Waals surface area contributed by atoms with Crippen LogP contribution in [0.25, 0.3) is 0 Å². The first-order chi connectivity index (χ1) is 13.9. The minimum atomic E-state index is -5.10. The first-order valence-electron chi connectivity index (χ1n) is 8.10. The molecule has 13 heteroatoms. The molecule has 6 nitrogen and oxygen atoms in total. The van der Waals surface area contributed by atoms with Gasteiger partial charge < -0.3 is 4.42 Å². The number of hydrogen-bond donors (Lipinski definition) is 1. The highest BCUT2D eigenvalue weighted by Gasteiger charge is 2.36. The molecule has 3 aromatic rings. The molecule has 0 fully saturated rings. The molecule has 0 aliphatic rings. The van der Waals surface area contributed by atoms with Gasteiger partial charge in [0, 0.05) is 6.54 Å². The standard InChI is InChI=1S/C17H13F4NO5S3/c18-13-6-5-11(9-12(13)17(19,20)21)30(25,26)22-10-15(14-3-1-7-27-14)29(23,24)16-4-2-8-28-16/h1-9,15,22H,10H2. The van der Waals surface area contributed by atoms with Crippen molar-refractivity contribution in [1.82, 2.24) is 4.72 Å². The van der Waals surface area contributed by atoms with Gasteiger partial charge in [-0.15, -0.1) is 11.3 Å². The van der Waals surface area contributed by atoms with Crippen molar-refractivity contribution in [3.63, 3.8) is 0 Å². The Kier molecular flexibility index (Phi) is 6.09. The number of thiophene rings is 1. The van der Waals surface area contributed by atoms with Gasteiger partial charge in [-0.2, -0.15) is 13.2 Å². The van der Waals surface area contributed by atoms with E-state index in [9.17, 15) is 34.4 Å². The van der Waals surface area contributed by atoms with Gasteiger partial charge in [0.25, 0.3) is 0 Å². The van der Waals surface area contributed by atoms with Crippen LogP contribution in [0.3, 0.4) is 0 Å². The molecule has 0 saturated carbocycles. The zero-order chi connectivity index (χ0) is 22.2. The number of sulfone groups is 1. The molecule has 2 heterocycles. The summed E-state index contributed by atoms with van der Waals surface area (Å²) in [6.07, 6.45) is -3.90. The van der Waals surface area contributed by atoms with E-state index in [2.05, 4.69) is 0 Å². The summed E-state index contributed by atoms with van der Waals surface area (Å²) in [7, 11) is -8.66. The van der Waals surface area contributed by atoms with Gasteiger partial charge in [0.1, 0.15) is 21.0 Å². The van der Waals surface area contributed by atoms with Crippen LogP contribution in [0.4, 0.5) is 17.6 Å². The number of nitrogens with one attached hydrogen (secondary N) is 1. The molecule has 1 atom stereocenters. The molecule has 0 amide bonds. The molecule has 0 spiro atoms. The molecule has 0 aliphatic carbocycles. The first kappa shape index (κ1) is 22.5. The highest BCUT2D eigenvalue weighted by atomic mass is 32.2. The van der Waals surface area contributed by atoms with Gasteiger partial charge in [-0.05, 0) is 41.8 Å². The van der Waals surface area contributed by atoms with Gasteiger partial charge in [0.15, 0.2) is 9.84 Å². The molecular weight excluding hydrogens is 470 g/mol. The fourth-order valence-corrected chi connectivity index (χ4v) is 6.53. The van der Waals surface area contributed by atoms with Crippen LogP contribution >= 0.6 is 11.3 Å². The predicted molar refractivity (Wildman–Crippen MR) is 99.5 cm³/mol. The van der Waals surface area contributed by atoms with Gasteiger partial charge in [-0.1, -0.05) is 6.07 Å². The van der Waals surface area contributed by atoms with Crippen LogP contribution in [-0.4, -0.2) is 23.4 Å². The third-order valence-corrected chi connectivity index (χ3v) is 8.94. The van der Waals surface area contributed by atoms with E-state index >= 15 is 0 Å². The summed E-state index contributed by atoms with van der Waals surface area (Å²) in [5.74, 6) is -1.68. The van der Waals surface area contributed by atoms with Crippen LogP contribution in [0.15, 0.2) is 67.6 Å². The average molecular weight is 483 g/mol. The zero-order valence-corrected chi connectivity index (χ0v) is 17.2. The van der Waals surface area contributed by atoms with E-state index in [0.717, 1.165) is 11.3 Å². The maximum absolute atomic E-state index is 13.4. The summed E-state index contributed by atoms with van der Waals surface area (Å²) >= 11 is 0.918. The molecule has 1 aromatic carbocycles. The molecule has 0 bridgehead atoms. The number of benzene rings is 1. The van der Waals surface area contributed by atoms with E-state index in [1.165, 1.54) is 35.9 Å². The predicted octanol–water partition coefficient (Wildman–Crippen LogP) is 3.99. The van der Waals surface area contributed by atoms with Crippen molar-refractivity contribution in [3.8, 4) is 0 Å². The third-order valence-electron chi connectivity index (χ3n) is 4.02. The lowest BCUT2D eigenvalue weighted by molar-refractivity contribution is -0.140. The molecule has 2 aromatic heterocycles. The van der Waals surface area contributed by atoms with Crippen LogP contribution in [0.1, 0.15) is 16.6 Å². The van der Waals surface area contributed by atoms with E-state index < -0.39 is 54.1 Å². The molecular formula is C17H13F4NO5S3. The molecule has 0 aliphatic heterocycles. The van der Waals surface area contributed by atoms with Gasteiger partial charge in [0.2, 0.25) is 10.0 Å². The maximum atomic E-state index is 13.4. The van der Waals surface area contributed by atoms with Gasteiger partial charge in [-0.3, -0.25) is 0 Å². The summed E-state index contributed by atoms with van der Waals surface area (Å²) in [6, 6.07) is 6.76. The van der Waals surface area contributed by atoms with Crippen LogP contribution in [0.2, 0.25) is 0 Å². The smallest absolute Gasteiger partial charge is 0.419 e. The van der Waals surface area contributed by atoms with Crippen molar-refractivity contribution in [2.75, 3.05) is 6.54 Å². The fraction of sp³-hybridized carbons (Fsp3) is 0.176. The van der Waals surface area contributed by atoms with E-state index in [1.54, 1.807) is 0 Å². The molecule has 1 unspecified atom stereocenters. The maximum Gasteiger partial charge on any atom is 0.419 e. The summed E-state index contributed by atoms with van der Waals surface area (Å²) in [6.45, 7) is -0.713. The van der Waals surface area contributed by atoms with Crippen molar-refractivity contribution in [2.24, 2.45) is 0 Å². The van der Waals surface area contributed by atoms with Crippen LogP contribution in [0, 0.1) is 5.82 Å². The Labute approximate surface area is 173 Å². The lowest BCUT2D eigenvalue weighted by Crippen LogP contribution is -2.32. The summed E-state index contributed by atoms with van der Waals surface area (Å²) in [5, 5.41) is 0.0522. The van der Waals surface area contributed by atoms with Gasteiger partial charge in [0.05, 0.1) is 16.7 Å². The Morgan fingerprint density at radius 2 is 1.80 bits per heavy atom. The Balaban J connectivity index is 1.93. The number of hydrogen-bond acceptors (Lipinski definition) is 6. The summed E-state index contributed by atoms with van der Waals surface area (Å²) in [5.41, 5.74) is -1.75. The second-order valence-electron chi connectivity index (χ2n) is 5.97. The largest absolute Gasteiger partial charge is 0.468 e. The molecule has 3 rings (SSSR count). The Bertz CT molecular complexity index is 1220. The van der Waals surface area contributed by atoms with Crippen molar-refractivity contribution in [2.45, 2.75) is 20.5 Å². The molecule has 0 saturated heterocycles. The lowest BCUT2D eigenvalue weighted by atomic mass is 10.2. The molecule has 30 heavy (non-hydrogen) atoms.